The van der Waals surface area contributed by atoms with E-state index in [9.17, 15) is 5.11 Å². The van der Waals surface area contributed by atoms with Gasteiger partial charge in [-0.15, -0.1) is 0 Å². The Hall–Kier alpha value is -0.370. The van der Waals surface area contributed by atoms with Crippen LogP contribution in [-0.2, 0) is 0 Å². The molecule has 0 radical (unpaired) electrons. The monoisotopic (exact) mass is 141 g/mol. The van der Waals surface area contributed by atoms with Gasteiger partial charge in [0, 0.05) is 13.3 Å². The van der Waals surface area contributed by atoms with Gasteiger partial charge in [-0.1, -0.05) is 19.3 Å². The lowest BCUT2D eigenvalue weighted by atomic mass is 9.86. The minimum absolute atomic E-state index is 0.562. The maximum absolute atomic E-state index is 9.72. The van der Waals surface area contributed by atoms with E-state index in [1.807, 2.05) is 0 Å². The van der Waals surface area contributed by atoms with E-state index >= 15 is 0 Å². The van der Waals surface area contributed by atoms with Gasteiger partial charge >= 0.3 is 0 Å². The molecule has 0 aromatic rings. The molecule has 2 heteroatoms. The van der Waals surface area contributed by atoms with Crippen molar-refractivity contribution in [3.8, 4) is 0 Å². The van der Waals surface area contributed by atoms with E-state index in [1.165, 1.54) is 6.42 Å². The third-order valence-electron chi connectivity index (χ3n) is 2.09. The summed E-state index contributed by atoms with van der Waals surface area (Å²) in [6.45, 7) is 0. The van der Waals surface area contributed by atoms with Gasteiger partial charge in [0.05, 0.1) is 5.60 Å². The van der Waals surface area contributed by atoms with Crippen molar-refractivity contribution in [3.05, 3.63) is 0 Å². The van der Waals surface area contributed by atoms with Crippen molar-refractivity contribution >= 4 is 6.21 Å². The van der Waals surface area contributed by atoms with Gasteiger partial charge in [0.1, 0.15) is 0 Å². The summed E-state index contributed by atoms with van der Waals surface area (Å²) in [5, 5.41) is 9.72. The summed E-state index contributed by atoms with van der Waals surface area (Å²) in [7, 11) is 1.71. The molecule has 0 aliphatic heterocycles. The Kier molecular flexibility index (Phi) is 2.44. The highest BCUT2D eigenvalue weighted by molar-refractivity contribution is 5.68. The molecule has 0 spiro atoms. The summed E-state index contributed by atoms with van der Waals surface area (Å²) < 4.78 is 0. The number of rotatable bonds is 1. The second-order valence-electron chi connectivity index (χ2n) is 3.05. The van der Waals surface area contributed by atoms with Crippen LogP contribution in [0.4, 0.5) is 0 Å². The van der Waals surface area contributed by atoms with Crippen LogP contribution in [0.1, 0.15) is 32.1 Å². The van der Waals surface area contributed by atoms with Crippen molar-refractivity contribution in [1.82, 2.24) is 0 Å². The van der Waals surface area contributed by atoms with E-state index in [4.69, 9.17) is 0 Å². The highest BCUT2D eigenvalue weighted by Gasteiger charge is 2.26. The number of aliphatic imine (C=N–C) groups is 1. The molecule has 0 unspecified atom stereocenters. The number of nitrogens with zero attached hydrogens (tertiary/aromatic N) is 1. The van der Waals surface area contributed by atoms with Crippen LogP contribution in [0.2, 0.25) is 0 Å². The molecule has 0 aromatic carbocycles. The first-order valence-electron chi connectivity index (χ1n) is 3.92. The van der Waals surface area contributed by atoms with E-state index in [2.05, 4.69) is 4.99 Å². The molecule has 58 valence electrons. The van der Waals surface area contributed by atoms with Crippen LogP contribution in [0.3, 0.4) is 0 Å². The summed E-state index contributed by atoms with van der Waals surface area (Å²) in [6, 6.07) is 0. The second kappa shape index (κ2) is 3.15. The van der Waals surface area contributed by atoms with Gasteiger partial charge in [-0.25, -0.2) is 0 Å². The van der Waals surface area contributed by atoms with E-state index in [0.29, 0.717) is 0 Å². The first-order valence-corrected chi connectivity index (χ1v) is 3.92. The lowest BCUT2D eigenvalue weighted by Crippen LogP contribution is -2.32. The SMILES string of the molecule is CN=CC1(O)CCCCC1. The van der Waals surface area contributed by atoms with Crippen LogP contribution in [0.25, 0.3) is 0 Å². The van der Waals surface area contributed by atoms with Gasteiger partial charge in [-0.2, -0.15) is 0 Å². The Morgan fingerprint density at radius 1 is 1.30 bits per heavy atom. The Labute approximate surface area is 62.0 Å². The van der Waals surface area contributed by atoms with Crippen molar-refractivity contribution < 1.29 is 5.11 Å². The molecule has 1 fully saturated rings. The molecule has 1 rings (SSSR count). The van der Waals surface area contributed by atoms with Crippen LogP contribution in [-0.4, -0.2) is 24.0 Å². The van der Waals surface area contributed by atoms with Crippen molar-refractivity contribution in [3.63, 3.8) is 0 Å². The lowest BCUT2D eigenvalue weighted by Gasteiger charge is -2.27. The number of aliphatic hydroxyl groups is 1. The fraction of sp³-hybridized carbons (Fsp3) is 0.875. The molecule has 0 heterocycles. The minimum Gasteiger partial charge on any atom is -0.384 e. The van der Waals surface area contributed by atoms with E-state index in [-0.39, 0.29) is 0 Å². The molecular weight excluding hydrogens is 126 g/mol. The smallest absolute Gasteiger partial charge is 0.0992 e. The van der Waals surface area contributed by atoms with Gasteiger partial charge in [0.15, 0.2) is 0 Å². The average molecular weight is 141 g/mol. The molecular formula is C8H15NO. The summed E-state index contributed by atoms with van der Waals surface area (Å²) in [5.74, 6) is 0. The molecule has 1 aliphatic rings. The summed E-state index contributed by atoms with van der Waals surface area (Å²) in [5.41, 5.74) is -0.562. The Balaban J connectivity index is 2.48. The standard InChI is InChI=1S/C8H15NO/c1-9-7-8(10)5-3-2-4-6-8/h7,10H,2-6H2,1H3. The lowest BCUT2D eigenvalue weighted by molar-refractivity contribution is 0.0757. The highest BCUT2D eigenvalue weighted by atomic mass is 16.3. The Morgan fingerprint density at radius 3 is 2.40 bits per heavy atom. The molecule has 1 saturated carbocycles. The molecule has 0 saturated heterocycles. The first-order chi connectivity index (χ1) is 4.77. The zero-order valence-electron chi connectivity index (χ0n) is 6.51. The third kappa shape index (κ3) is 1.81. The van der Waals surface area contributed by atoms with Gasteiger partial charge < -0.3 is 5.11 Å². The Bertz CT molecular complexity index is 125. The minimum atomic E-state index is -0.562. The highest BCUT2D eigenvalue weighted by Crippen LogP contribution is 2.25. The summed E-state index contributed by atoms with van der Waals surface area (Å²) in [6.07, 6.45) is 7.02. The molecule has 0 amide bonds. The fourth-order valence-electron chi connectivity index (χ4n) is 1.53. The summed E-state index contributed by atoms with van der Waals surface area (Å²) in [4.78, 5) is 3.86. The molecule has 1 aliphatic carbocycles. The van der Waals surface area contributed by atoms with Gasteiger partial charge in [-0.3, -0.25) is 4.99 Å². The molecule has 0 bridgehead atoms. The maximum atomic E-state index is 9.72. The molecule has 0 aromatic heterocycles. The van der Waals surface area contributed by atoms with Crippen molar-refractivity contribution in [2.45, 2.75) is 37.7 Å². The van der Waals surface area contributed by atoms with Crippen molar-refractivity contribution in [2.75, 3.05) is 7.05 Å². The molecule has 10 heavy (non-hydrogen) atoms. The molecule has 1 N–H and O–H groups in total. The topological polar surface area (TPSA) is 32.6 Å². The third-order valence-corrected chi connectivity index (χ3v) is 2.09. The fourth-order valence-corrected chi connectivity index (χ4v) is 1.53. The van der Waals surface area contributed by atoms with Crippen molar-refractivity contribution in [2.24, 2.45) is 4.99 Å². The molecule has 2 nitrogen and oxygen atoms in total. The van der Waals surface area contributed by atoms with Crippen LogP contribution < -0.4 is 0 Å². The quantitative estimate of drug-likeness (QED) is 0.550. The average Bonchev–Trinajstić information content (AvgIpc) is 1.89. The van der Waals surface area contributed by atoms with Crippen LogP contribution in [0.15, 0.2) is 4.99 Å². The van der Waals surface area contributed by atoms with Gasteiger partial charge in [0.2, 0.25) is 0 Å². The number of hydrogen-bond donors (Lipinski definition) is 1. The zero-order chi connectivity index (χ0) is 7.45. The first kappa shape index (κ1) is 7.73. The predicted molar refractivity (Wildman–Crippen MR) is 42.5 cm³/mol. The maximum Gasteiger partial charge on any atom is 0.0992 e. The zero-order valence-corrected chi connectivity index (χ0v) is 6.51. The van der Waals surface area contributed by atoms with Crippen molar-refractivity contribution in [1.29, 1.82) is 0 Å². The number of hydrogen-bond acceptors (Lipinski definition) is 2. The normalized spacial score (nSPS) is 25.4. The Morgan fingerprint density at radius 2 is 1.90 bits per heavy atom. The van der Waals surface area contributed by atoms with E-state index in [1.54, 1.807) is 13.3 Å². The van der Waals surface area contributed by atoms with Gasteiger partial charge in [-0.05, 0) is 12.8 Å². The largest absolute Gasteiger partial charge is 0.384 e. The van der Waals surface area contributed by atoms with Crippen LogP contribution in [0, 0.1) is 0 Å². The van der Waals surface area contributed by atoms with Crippen LogP contribution >= 0.6 is 0 Å². The van der Waals surface area contributed by atoms with Crippen LogP contribution in [0.5, 0.6) is 0 Å². The second-order valence-corrected chi connectivity index (χ2v) is 3.05. The summed E-state index contributed by atoms with van der Waals surface area (Å²) >= 11 is 0. The van der Waals surface area contributed by atoms with E-state index < -0.39 is 5.60 Å². The van der Waals surface area contributed by atoms with Gasteiger partial charge in [0.25, 0.3) is 0 Å². The molecule has 0 atom stereocenters. The predicted octanol–water partition coefficient (Wildman–Crippen LogP) is 1.38. The van der Waals surface area contributed by atoms with E-state index in [0.717, 1.165) is 25.7 Å².